The van der Waals surface area contributed by atoms with E-state index in [-0.39, 0.29) is 25.5 Å². The maximum absolute atomic E-state index is 12.3. The fourth-order valence-electron chi connectivity index (χ4n) is 1.83. The molecule has 0 saturated heterocycles. The average molecular weight is 395 g/mol. The van der Waals surface area contributed by atoms with Gasteiger partial charge in [-0.2, -0.15) is 0 Å². The summed E-state index contributed by atoms with van der Waals surface area (Å²) in [6.07, 6.45) is 0. The van der Waals surface area contributed by atoms with E-state index >= 15 is 0 Å². The largest absolute Gasteiger partial charge is 0.280 e. The van der Waals surface area contributed by atoms with Crippen molar-refractivity contribution in [2.45, 2.75) is 16.7 Å². The summed E-state index contributed by atoms with van der Waals surface area (Å²) in [5.41, 5.74) is 0.468. The van der Waals surface area contributed by atoms with Gasteiger partial charge in [0.05, 0.1) is 25.5 Å². The highest BCUT2D eigenvalue weighted by atomic mass is 35.5. The van der Waals surface area contributed by atoms with Gasteiger partial charge in [0.1, 0.15) is 0 Å². The van der Waals surface area contributed by atoms with Gasteiger partial charge in [-0.15, -0.1) is 0 Å². The zero-order chi connectivity index (χ0) is 17.4. The summed E-state index contributed by atoms with van der Waals surface area (Å²) in [4.78, 5) is -0.267. The maximum Gasteiger partial charge on any atom is 0.261 e. The molecule has 0 spiro atoms. The molecule has 2 aromatic rings. The van der Waals surface area contributed by atoms with Crippen molar-refractivity contribution in [1.29, 1.82) is 0 Å². The number of sulfonamides is 2. The first kappa shape index (κ1) is 18.0. The van der Waals surface area contributed by atoms with Crippen molar-refractivity contribution in [1.82, 2.24) is 0 Å². The van der Waals surface area contributed by atoms with Gasteiger partial charge in [0.15, 0.2) is 0 Å². The number of nitrogens with two attached hydrogens (primary N) is 1. The highest BCUT2D eigenvalue weighted by molar-refractivity contribution is 7.92. The summed E-state index contributed by atoms with van der Waals surface area (Å²) in [6, 6.07) is 7.86. The number of hydrogen-bond donors (Lipinski definition) is 2. The molecule has 124 valence electrons. The van der Waals surface area contributed by atoms with Gasteiger partial charge in [0.2, 0.25) is 10.0 Å². The van der Waals surface area contributed by atoms with Crippen LogP contribution >= 0.6 is 23.2 Å². The summed E-state index contributed by atoms with van der Waals surface area (Å²) in [5.74, 6) is 0. The Bertz CT molecular complexity index is 973. The molecule has 23 heavy (non-hydrogen) atoms. The molecule has 0 atom stereocenters. The molecule has 0 fully saturated rings. The number of hydrogen-bond acceptors (Lipinski definition) is 4. The van der Waals surface area contributed by atoms with Gasteiger partial charge in [0, 0.05) is 0 Å². The van der Waals surface area contributed by atoms with Crippen LogP contribution in [0.15, 0.2) is 46.2 Å². The standard InChI is InChI=1S/C13H12Cl2N2O4S2/c1-8-2-3-9(6-13(8)22(16,18)19)17-23(20,21)10-4-5-11(14)12(15)7-10/h2-7,17H,1H3,(H2,16,18,19). The van der Waals surface area contributed by atoms with Crippen LogP contribution in [0.2, 0.25) is 10.0 Å². The molecule has 0 amide bonds. The van der Waals surface area contributed by atoms with E-state index in [1.54, 1.807) is 6.92 Å². The zero-order valence-electron chi connectivity index (χ0n) is 11.7. The lowest BCUT2D eigenvalue weighted by atomic mass is 10.2. The Kier molecular flexibility index (Phi) is 4.93. The van der Waals surface area contributed by atoms with E-state index in [9.17, 15) is 16.8 Å². The number of anilines is 1. The first-order chi connectivity index (χ1) is 10.5. The molecule has 0 aliphatic heterocycles. The number of halogens is 2. The van der Waals surface area contributed by atoms with Crippen LogP contribution in [0.25, 0.3) is 0 Å². The van der Waals surface area contributed by atoms with E-state index in [4.69, 9.17) is 28.3 Å². The monoisotopic (exact) mass is 394 g/mol. The minimum atomic E-state index is -3.96. The number of rotatable bonds is 4. The number of primary sulfonamides is 1. The van der Waals surface area contributed by atoms with Crippen LogP contribution in [0.1, 0.15) is 5.56 Å². The molecule has 0 aromatic heterocycles. The average Bonchev–Trinajstić information content (AvgIpc) is 2.42. The van der Waals surface area contributed by atoms with Gasteiger partial charge in [-0.05, 0) is 42.8 Å². The van der Waals surface area contributed by atoms with Crippen LogP contribution in [0.3, 0.4) is 0 Å². The minimum Gasteiger partial charge on any atom is -0.280 e. The van der Waals surface area contributed by atoms with Crippen molar-refractivity contribution >= 4 is 48.9 Å². The molecule has 0 aliphatic rings. The Morgan fingerprint density at radius 1 is 0.957 bits per heavy atom. The molecule has 0 unspecified atom stereocenters. The summed E-state index contributed by atoms with van der Waals surface area (Å²) < 4.78 is 49.9. The third-order valence-electron chi connectivity index (χ3n) is 2.95. The Morgan fingerprint density at radius 3 is 2.17 bits per heavy atom. The SMILES string of the molecule is Cc1ccc(NS(=O)(=O)c2ccc(Cl)c(Cl)c2)cc1S(N)(=O)=O. The molecule has 0 saturated carbocycles. The molecule has 10 heteroatoms. The highest BCUT2D eigenvalue weighted by Gasteiger charge is 2.18. The second-order valence-electron chi connectivity index (χ2n) is 4.71. The van der Waals surface area contributed by atoms with Crippen molar-refractivity contribution in [2.75, 3.05) is 4.72 Å². The van der Waals surface area contributed by atoms with Crippen LogP contribution in [-0.4, -0.2) is 16.8 Å². The van der Waals surface area contributed by atoms with Gasteiger partial charge >= 0.3 is 0 Å². The third-order valence-corrected chi connectivity index (χ3v) is 6.12. The van der Waals surface area contributed by atoms with Crippen molar-refractivity contribution in [3.63, 3.8) is 0 Å². The van der Waals surface area contributed by atoms with E-state index in [0.717, 1.165) is 6.07 Å². The van der Waals surface area contributed by atoms with Crippen molar-refractivity contribution in [2.24, 2.45) is 5.14 Å². The third kappa shape index (κ3) is 4.15. The van der Waals surface area contributed by atoms with E-state index < -0.39 is 20.0 Å². The lowest BCUT2D eigenvalue weighted by Crippen LogP contribution is -2.16. The van der Waals surface area contributed by atoms with Gasteiger partial charge in [-0.25, -0.2) is 22.0 Å². The molecule has 0 bridgehead atoms. The fourth-order valence-corrected chi connectivity index (χ4v) is 4.07. The predicted octanol–water partition coefficient (Wildman–Crippen LogP) is 2.75. The topological polar surface area (TPSA) is 106 Å². The molecule has 0 heterocycles. The lowest BCUT2D eigenvalue weighted by Gasteiger charge is -2.11. The van der Waals surface area contributed by atoms with Gasteiger partial charge in [0.25, 0.3) is 10.0 Å². The smallest absolute Gasteiger partial charge is 0.261 e. The van der Waals surface area contributed by atoms with Gasteiger partial charge in [-0.3, -0.25) is 4.72 Å². The molecular formula is C13H12Cl2N2O4S2. The summed E-state index contributed by atoms with van der Waals surface area (Å²) in [6.45, 7) is 1.55. The first-order valence-electron chi connectivity index (χ1n) is 6.12. The van der Waals surface area contributed by atoms with Crippen molar-refractivity contribution in [3.8, 4) is 0 Å². The highest BCUT2D eigenvalue weighted by Crippen LogP contribution is 2.27. The molecule has 0 radical (unpaired) electrons. The fraction of sp³-hybridized carbons (Fsp3) is 0.0769. The molecular weight excluding hydrogens is 383 g/mol. The number of nitrogens with one attached hydrogen (secondary N) is 1. The van der Waals surface area contributed by atoms with Crippen LogP contribution in [-0.2, 0) is 20.0 Å². The van der Waals surface area contributed by atoms with Crippen LogP contribution in [0.4, 0.5) is 5.69 Å². The summed E-state index contributed by atoms with van der Waals surface area (Å²) >= 11 is 11.6. The molecule has 2 aromatic carbocycles. The number of benzene rings is 2. The normalized spacial score (nSPS) is 12.2. The Hall–Kier alpha value is -1.32. The molecule has 2 rings (SSSR count). The molecule has 3 N–H and O–H groups in total. The Morgan fingerprint density at radius 2 is 1.61 bits per heavy atom. The van der Waals surface area contributed by atoms with Gasteiger partial charge in [-0.1, -0.05) is 29.3 Å². The zero-order valence-corrected chi connectivity index (χ0v) is 14.9. The second kappa shape index (κ2) is 6.29. The molecule has 0 aliphatic carbocycles. The van der Waals surface area contributed by atoms with Crippen molar-refractivity contribution < 1.29 is 16.8 Å². The number of aryl methyl sites for hydroxylation is 1. The maximum atomic E-state index is 12.3. The summed E-state index contributed by atoms with van der Waals surface area (Å²) in [7, 11) is -7.92. The van der Waals surface area contributed by atoms with E-state index in [1.807, 2.05) is 0 Å². The summed E-state index contributed by atoms with van der Waals surface area (Å²) in [5, 5.41) is 5.41. The first-order valence-corrected chi connectivity index (χ1v) is 9.90. The van der Waals surface area contributed by atoms with E-state index in [0.29, 0.717) is 5.56 Å². The van der Waals surface area contributed by atoms with Crippen LogP contribution < -0.4 is 9.86 Å². The van der Waals surface area contributed by atoms with Crippen LogP contribution in [0.5, 0.6) is 0 Å². The predicted molar refractivity (Wildman–Crippen MR) is 89.8 cm³/mol. The van der Waals surface area contributed by atoms with Crippen molar-refractivity contribution in [3.05, 3.63) is 52.0 Å². The van der Waals surface area contributed by atoms with E-state index in [1.165, 1.54) is 30.3 Å². The Labute approximate surface area is 144 Å². The lowest BCUT2D eigenvalue weighted by molar-refractivity contribution is 0.596. The minimum absolute atomic E-state index is 0.0608. The van der Waals surface area contributed by atoms with E-state index in [2.05, 4.69) is 4.72 Å². The molecule has 6 nitrogen and oxygen atoms in total. The Balaban J connectivity index is 2.43. The quantitative estimate of drug-likeness (QED) is 0.830. The van der Waals surface area contributed by atoms with Crippen LogP contribution in [0, 0.1) is 6.92 Å². The second-order valence-corrected chi connectivity index (χ2v) is 8.73. The van der Waals surface area contributed by atoms with Gasteiger partial charge < -0.3 is 0 Å².